The van der Waals surface area contributed by atoms with E-state index < -0.39 is 0 Å². The van der Waals surface area contributed by atoms with E-state index in [2.05, 4.69) is 19.1 Å². The van der Waals surface area contributed by atoms with Gasteiger partial charge in [0, 0.05) is 12.6 Å². The summed E-state index contributed by atoms with van der Waals surface area (Å²) in [5.74, 6) is 0. The van der Waals surface area contributed by atoms with Crippen LogP contribution >= 0.6 is 12.4 Å². The zero-order valence-corrected chi connectivity index (χ0v) is 9.26. The first-order valence-electron chi connectivity index (χ1n) is 4.67. The first-order chi connectivity index (χ1) is 6.25. The van der Waals surface area contributed by atoms with Gasteiger partial charge in [0.05, 0.1) is 0 Å². The lowest BCUT2D eigenvalue weighted by atomic mass is 9.99. The number of aryl methyl sites for hydroxylation is 1. The molecule has 0 heterocycles. The summed E-state index contributed by atoms with van der Waals surface area (Å²) in [5.41, 5.74) is 8.39. The van der Waals surface area contributed by atoms with Gasteiger partial charge in [-0.25, -0.2) is 0 Å². The van der Waals surface area contributed by atoms with Gasteiger partial charge in [-0.2, -0.15) is 0 Å². The van der Waals surface area contributed by atoms with Crippen molar-refractivity contribution in [2.24, 2.45) is 5.73 Å². The van der Waals surface area contributed by atoms with E-state index in [-0.39, 0.29) is 25.1 Å². The van der Waals surface area contributed by atoms with Crippen molar-refractivity contribution in [2.75, 3.05) is 6.61 Å². The maximum absolute atomic E-state index is 8.68. The fourth-order valence-corrected chi connectivity index (χ4v) is 1.47. The van der Waals surface area contributed by atoms with Crippen molar-refractivity contribution in [3.63, 3.8) is 0 Å². The molecule has 1 atom stereocenters. The van der Waals surface area contributed by atoms with Gasteiger partial charge in [0.25, 0.3) is 0 Å². The first-order valence-corrected chi connectivity index (χ1v) is 4.67. The van der Waals surface area contributed by atoms with Crippen LogP contribution in [0.4, 0.5) is 0 Å². The van der Waals surface area contributed by atoms with Gasteiger partial charge in [-0.15, -0.1) is 12.4 Å². The van der Waals surface area contributed by atoms with Crippen LogP contribution in [-0.2, 0) is 0 Å². The molecule has 0 saturated heterocycles. The lowest BCUT2D eigenvalue weighted by Crippen LogP contribution is -2.12. The Hall–Kier alpha value is -0.570. The number of halogens is 1. The first kappa shape index (κ1) is 13.4. The smallest absolute Gasteiger partial charge is 0.0431 e. The van der Waals surface area contributed by atoms with Crippen LogP contribution in [0.3, 0.4) is 0 Å². The summed E-state index contributed by atoms with van der Waals surface area (Å²) < 4.78 is 0. The Morgan fingerprint density at radius 1 is 1.36 bits per heavy atom. The molecule has 1 aromatic carbocycles. The maximum Gasteiger partial charge on any atom is 0.0431 e. The van der Waals surface area contributed by atoms with Gasteiger partial charge < -0.3 is 10.8 Å². The SMILES string of the molecule is Cc1ccccc1[C@H](N)CCCO.Cl. The number of hydrogen-bond acceptors (Lipinski definition) is 2. The van der Waals surface area contributed by atoms with Gasteiger partial charge in [0.1, 0.15) is 0 Å². The second-order valence-corrected chi connectivity index (χ2v) is 3.33. The largest absolute Gasteiger partial charge is 0.396 e. The van der Waals surface area contributed by atoms with Gasteiger partial charge in [-0.1, -0.05) is 24.3 Å². The Kier molecular flexibility index (Phi) is 6.54. The zero-order valence-electron chi connectivity index (χ0n) is 8.44. The standard InChI is InChI=1S/C11H17NO.ClH/c1-9-5-2-3-6-10(9)11(12)7-4-8-13;/h2-3,5-6,11,13H,4,7-8,12H2,1H3;1H/t11-;/m1./s1. The van der Waals surface area contributed by atoms with E-state index in [0.717, 1.165) is 12.8 Å². The fourth-order valence-electron chi connectivity index (χ4n) is 1.47. The molecule has 0 unspecified atom stereocenters. The van der Waals surface area contributed by atoms with Crippen molar-refractivity contribution in [3.05, 3.63) is 35.4 Å². The van der Waals surface area contributed by atoms with Crippen LogP contribution in [0.15, 0.2) is 24.3 Å². The highest BCUT2D eigenvalue weighted by atomic mass is 35.5. The quantitative estimate of drug-likeness (QED) is 0.809. The van der Waals surface area contributed by atoms with Crippen molar-refractivity contribution >= 4 is 12.4 Å². The van der Waals surface area contributed by atoms with Crippen molar-refractivity contribution in [2.45, 2.75) is 25.8 Å². The van der Waals surface area contributed by atoms with Crippen LogP contribution in [0.25, 0.3) is 0 Å². The molecule has 0 aliphatic carbocycles. The van der Waals surface area contributed by atoms with E-state index in [1.165, 1.54) is 11.1 Å². The van der Waals surface area contributed by atoms with Crippen molar-refractivity contribution in [1.29, 1.82) is 0 Å². The monoisotopic (exact) mass is 215 g/mol. The highest BCUT2D eigenvalue weighted by molar-refractivity contribution is 5.85. The summed E-state index contributed by atoms with van der Waals surface area (Å²) in [7, 11) is 0. The van der Waals surface area contributed by atoms with Gasteiger partial charge in [-0.3, -0.25) is 0 Å². The van der Waals surface area contributed by atoms with Crippen LogP contribution in [0.5, 0.6) is 0 Å². The number of aliphatic hydroxyl groups excluding tert-OH is 1. The molecule has 3 heteroatoms. The number of rotatable bonds is 4. The van der Waals surface area contributed by atoms with E-state index in [9.17, 15) is 0 Å². The Morgan fingerprint density at radius 3 is 2.57 bits per heavy atom. The predicted molar refractivity (Wildman–Crippen MR) is 61.7 cm³/mol. The molecule has 0 bridgehead atoms. The number of benzene rings is 1. The van der Waals surface area contributed by atoms with Gasteiger partial charge >= 0.3 is 0 Å². The third-order valence-electron chi connectivity index (χ3n) is 2.26. The van der Waals surface area contributed by atoms with Gasteiger partial charge in [0.15, 0.2) is 0 Å². The summed E-state index contributed by atoms with van der Waals surface area (Å²) in [4.78, 5) is 0. The zero-order chi connectivity index (χ0) is 9.68. The molecule has 14 heavy (non-hydrogen) atoms. The van der Waals surface area contributed by atoms with E-state index in [4.69, 9.17) is 10.8 Å². The van der Waals surface area contributed by atoms with Crippen LogP contribution in [0.1, 0.15) is 30.0 Å². The van der Waals surface area contributed by atoms with Crippen molar-refractivity contribution in [1.82, 2.24) is 0 Å². The summed E-state index contributed by atoms with van der Waals surface area (Å²) in [6.07, 6.45) is 1.62. The summed E-state index contributed by atoms with van der Waals surface area (Å²) in [6.45, 7) is 2.29. The van der Waals surface area contributed by atoms with Crippen LogP contribution < -0.4 is 5.73 Å². The summed E-state index contributed by atoms with van der Waals surface area (Å²) in [6, 6.07) is 8.19. The molecule has 0 fully saturated rings. The lowest BCUT2D eigenvalue weighted by Gasteiger charge is -2.13. The number of aliphatic hydroxyl groups is 1. The third kappa shape index (κ3) is 3.66. The molecule has 1 aromatic rings. The molecule has 80 valence electrons. The average molecular weight is 216 g/mol. The normalized spacial score (nSPS) is 11.9. The lowest BCUT2D eigenvalue weighted by molar-refractivity contribution is 0.280. The molecule has 1 rings (SSSR count). The minimum atomic E-state index is 0. The van der Waals surface area contributed by atoms with Crippen molar-refractivity contribution < 1.29 is 5.11 Å². The Balaban J connectivity index is 0.00000169. The minimum absolute atomic E-state index is 0. The molecule has 3 N–H and O–H groups in total. The Morgan fingerprint density at radius 2 is 2.00 bits per heavy atom. The third-order valence-corrected chi connectivity index (χ3v) is 2.26. The van der Waals surface area contributed by atoms with Gasteiger partial charge in [-0.05, 0) is 30.9 Å². The van der Waals surface area contributed by atoms with E-state index in [1.807, 2.05) is 12.1 Å². The summed E-state index contributed by atoms with van der Waals surface area (Å²) >= 11 is 0. The molecule has 0 saturated carbocycles. The van der Waals surface area contributed by atoms with E-state index >= 15 is 0 Å². The van der Waals surface area contributed by atoms with E-state index in [1.54, 1.807) is 0 Å². The van der Waals surface area contributed by atoms with E-state index in [0.29, 0.717) is 0 Å². The van der Waals surface area contributed by atoms with Crippen LogP contribution in [0, 0.1) is 6.92 Å². The molecule has 0 aromatic heterocycles. The second kappa shape index (κ2) is 6.82. The maximum atomic E-state index is 8.68. The molecule has 2 nitrogen and oxygen atoms in total. The number of nitrogens with two attached hydrogens (primary N) is 1. The fraction of sp³-hybridized carbons (Fsp3) is 0.455. The Bertz CT molecular complexity index is 265. The highest BCUT2D eigenvalue weighted by Crippen LogP contribution is 2.18. The second-order valence-electron chi connectivity index (χ2n) is 3.33. The topological polar surface area (TPSA) is 46.2 Å². The number of hydrogen-bond donors (Lipinski definition) is 2. The molecular formula is C11H18ClNO. The minimum Gasteiger partial charge on any atom is -0.396 e. The van der Waals surface area contributed by atoms with Gasteiger partial charge in [0.2, 0.25) is 0 Å². The molecule has 0 spiro atoms. The highest BCUT2D eigenvalue weighted by Gasteiger charge is 2.06. The molecule has 0 amide bonds. The molecule has 0 aliphatic rings. The Labute approximate surface area is 91.5 Å². The van der Waals surface area contributed by atoms with Crippen LogP contribution in [0.2, 0.25) is 0 Å². The molecular weight excluding hydrogens is 198 g/mol. The van der Waals surface area contributed by atoms with Crippen molar-refractivity contribution in [3.8, 4) is 0 Å². The molecule has 0 aliphatic heterocycles. The molecule has 0 radical (unpaired) electrons. The average Bonchev–Trinajstić information content (AvgIpc) is 2.15. The predicted octanol–water partition coefficient (Wildman–Crippen LogP) is 2.19. The summed E-state index contributed by atoms with van der Waals surface area (Å²) in [5, 5.41) is 8.68. The van der Waals surface area contributed by atoms with Crippen LogP contribution in [-0.4, -0.2) is 11.7 Å².